The van der Waals surface area contributed by atoms with Crippen LogP contribution >= 0.6 is 0 Å². The lowest BCUT2D eigenvalue weighted by Crippen LogP contribution is -2.40. The average Bonchev–Trinajstić information content (AvgIpc) is 2.86. The molecule has 1 amide bonds. The fourth-order valence-electron chi connectivity index (χ4n) is 4.35. The van der Waals surface area contributed by atoms with E-state index in [1.165, 1.54) is 22.0 Å². The minimum absolute atomic E-state index is 0.0206. The molecule has 2 aromatic carbocycles. The van der Waals surface area contributed by atoms with Gasteiger partial charge in [-0.2, -0.15) is 17.5 Å². The molecule has 0 spiro atoms. The molecule has 0 bridgehead atoms. The van der Waals surface area contributed by atoms with Crippen molar-refractivity contribution in [2.45, 2.75) is 36.4 Å². The summed E-state index contributed by atoms with van der Waals surface area (Å²) in [5.41, 5.74) is 2.20. The second-order valence-corrected chi connectivity index (χ2v) is 10.6. The van der Waals surface area contributed by atoms with Gasteiger partial charge in [-0.3, -0.25) is 4.79 Å². The van der Waals surface area contributed by atoms with Crippen molar-refractivity contribution >= 4 is 21.6 Å². The second kappa shape index (κ2) is 11.1. The van der Waals surface area contributed by atoms with Crippen LogP contribution in [0.2, 0.25) is 0 Å². The summed E-state index contributed by atoms with van der Waals surface area (Å²) >= 11 is 0. The van der Waals surface area contributed by atoms with Crippen LogP contribution in [0.3, 0.4) is 0 Å². The largest absolute Gasteiger partial charge is 0.482 e. The number of hydrogen-bond acceptors (Lipinski definition) is 6. The lowest BCUT2D eigenvalue weighted by molar-refractivity contribution is -0.153. The Bertz CT molecular complexity index is 1180. The van der Waals surface area contributed by atoms with Gasteiger partial charge in [0, 0.05) is 13.1 Å². The predicted molar refractivity (Wildman–Crippen MR) is 126 cm³/mol. The van der Waals surface area contributed by atoms with Crippen molar-refractivity contribution in [3.8, 4) is 5.75 Å². The third kappa shape index (κ3) is 6.48. The quantitative estimate of drug-likeness (QED) is 0.547. The summed E-state index contributed by atoms with van der Waals surface area (Å²) in [5, 5.41) is 5.72. The van der Waals surface area contributed by atoms with Gasteiger partial charge in [-0.1, -0.05) is 24.3 Å². The highest BCUT2D eigenvalue weighted by atomic mass is 32.2. The van der Waals surface area contributed by atoms with Crippen LogP contribution in [-0.2, 0) is 26.0 Å². The number of fused-ring (bicyclic) bond motifs is 1. The van der Waals surface area contributed by atoms with Crippen molar-refractivity contribution in [2.24, 2.45) is 0 Å². The average molecular weight is 528 g/mol. The lowest BCUT2D eigenvalue weighted by atomic mass is 9.88. The molecule has 4 rings (SSSR count). The van der Waals surface area contributed by atoms with Crippen LogP contribution in [0.5, 0.6) is 5.75 Å². The number of amides is 1. The number of benzene rings is 2. The Balaban J connectivity index is 1.50. The van der Waals surface area contributed by atoms with E-state index in [0.717, 1.165) is 30.9 Å². The molecule has 1 unspecified atom stereocenters. The number of anilines is 1. The number of alkyl halides is 3. The molecule has 8 nitrogen and oxygen atoms in total. The van der Waals surface area contributed by atoms with E-state index in [1.54, 1.807) is 0 Å². The zero-order chi connectivity index (χ0) is 25.8. The summed E-state index contributed by atoms with van der Waals surface area (Å²) in [5.74, 6) is -0.580. The van der Waals surface area contributed by atoms with Crippen molar-refractivity contribution in [3.63, 3.8) is 0 Å². The van der Waals surface area contributed by atoms with Crippen molar-refractivity contribution in [1.82, 2.24) is 9.62 Å². The molecule has 1 aliphatic heterocycles. The lowest BCUT2D eigenvalue weighted by Gasteiger charge is -2.27. The topological polar surface area (TPSA) is 97.0 Å². The van der Waals surface area contributed by atoms with E-state index in [4.69, 9.17) is 9.47 Å². The minimum atomic E-state index is -4.58. The van der Waals surface area contributed by atoms with E-state index in [1.807, 2.05) is 24.3 Å². The summed E-state index contributed by atoms with van der Waals surface area (Å²) in [6.07, 6.45) is -1.95. The van der Waals surface area contributed by atoms with Gasteiger partial charge in [0.05, 0.1) is 36.4 Å². The Kier molecular flexibility index (Phi) is 8.06. The number of rotatable bonds is 8. The summed E-state index contributed by atoms with van der Waals surface area (Å²) in [6.45, 7) is -0.987. The Morgan fingerprint density at radius 2 is 1.89 bits per heavy atom. The third-order valence-corrected chi connectivity index (χ3v) is 7.99. The maximum absolute atomic E-state index is 13.0. The molecule has 1 fully saturated rings. The first kappa shape index (κ1) is 26.2. The van der Waals surface area contributed by atoms with Gasteiger partial charge in [-0.15, -0.1) is 0 Å². The van der Waals surface area contributed by atoms with Crippen LogP contribution in [0.4, 0.5) is 18.9 Å². The maximum Gasteiger partial charge on any atom is 0.422 e. The van der Waals surface area contributed by atoms with Gasteiger partial charge >= 0.3 is 6.18 Å². The molecule has 196 valence electrons. The number of nitrogens with one attached hydrogen (secondary N) is 2. The van der Waals surface area contributed by atoms with Crippen LogP contribution in [0.1, 0.15) is 30.0 Å². The number of hydrogen-bond donors (Lipinski definition) is 2. The van der Waals surface area contributed by atoms with E-state index in [9.17, 15) is 26.4 Å². The molecule has 0 aromatic heterocycles. The highest BCUT2D eigenvalue weighted by Crippen LogP contribution is 2.32. The molecule has 1 aliphatic carbocycles. The van der Waals surface area contributed by atoms with Crippen LogP contribution in [0.25, 0.3) is 0 Å². The van der Waals surface area contributed by atoms with Gasteiger partial charge in [0.25, 0.3) is 0 Å². The Morgan fingerprint density at radius 3 is 2.64 bits per heavy atom. The van der Waals surface area contributed by atoms with E-state index >= 15 is 0 Å². The number of nitrogens with zero attached hydrogens (tertiary/aromatic N) is 1. The van der Waals surface area contributed by atoms with Gasteiger partial charge in [-0.05, 0) is 48.6 Å². The fourth-order valence-corrected chi connectivity index (χ4v) is 5.79. The van der Waals surface area contributed by atoms with E-state index in [-0.39, 0.29) is 61.1 Å². The molecule has 2 aromatic rings. The Morgan fingerprint density at radius 1 is 1.14 bits per heavy atom. The monoisotopic (exact) mass is 527 g/mol. The number of halogens is 3. The number of carbonyl (C=O) groups is 1. The number of carbonyl (C=O) groups excluding carboxylic acids is 1. The molecule has 0 radical (unpaired) electrons. The molecule has 1 saturated heterocycles. The molecule has 2 aliphatic rings. The summed E-state index contributed by atoms with van der Waals surface area (Å²) in [6, 6.07) is 11.2. The second-order valence-electron chi connectivity index (χ2n) is 8.64. The third-order valence-electron chi connectivity index (χ3n) is 6.09. The highest BCUT2D eigenvalue weighted by Gasteiger charge is 2.30. The molecule has 2 N–H and O–H groups in total. The van der Waals surface area contributed by atoms with Crippen molar-refractivity contribution in [1.29, 1.82) is 0 Å². The van der Waals surface area contributed by atoms with Gasteiger partial charge in [-0.25, -0.2) is 8.42 Å². The number of aryl methyl sites for hydroxylation is 1. The molecular weight excluding hydrogens is 499 g/mol. The SMILES string of the molecule is O=C(CNc1cc(S(=O)(=O)N2CCOCC2)ccc1OCC(F)(F)F)NC1CCCc2ccccc21. The molecule has 12 heteroatoms. The zero-order valence-corrected chi connectivity index (χ0v) is 20.3. The number of ether oxygens (including phenoxy) is 2. The summed E-state index contributed by atoms with van der Waals surface area (Å²) in [4.78, 5) is 12.6. The van der Waals surface area contributed by atoms with E-state index < -0.39 is 22.8 Å². The molecule has 36 heavy (non-hydrogen) atoms. The van der Waals surface area contributed by atoms with Gasteiger partial charge in [0.1, 0.15) is 5.75 Å². The Hall–Kier alpha value is -2.83. The van der Waals surface area contributed by atoms with E-state index in [0.29, 0.717) is 0 Å². The zero-order valence-electron chi connectivity index (χ0n) is 19.5. The Labute approximate surface area is 207 Å². The molecular formula is C24H28F3N3O5S. The first-order chi connectivity index (χ1) is 17.1. The van der Waals surface area contributed by atoms with Crippen molar-refractivity contribution in [3.05, 3.63) is 53.6 Å². The maximum atomic E-state index is 13.0. The summed E-state index contributed by atoms with van der Waals surface area (Å²) < 4.78 is 75.7. The minimum Gasteiger partial charge on any atom is -0.482 e. The predicted octanol–water partition coefficient (Wildman–Crippen LogP) is 3.25. The normalized spacial score (nSPS) is 18.8. The molecule has 1 atom stereocenters. The molecule has 1 heterocycles. The van der Waals surface area contributed by atoms with Crippen molar-refractivity contribution < 1.29 is 35.9 Å². The molecule has 0 saturated carbocycles. The summed E-state index contributed by atoms with van der Waals surface area (Å²) in [7, 11) is -3.90. The van der Waals surface area contributed by atoms with E-state index in [2.05, 4.69) is 10.6 Å². The standard InChI is InChI=1S/C24H28F3N3O5S/c25-24(26,27)16-35-22-9-8-18(36(32,33)30-10-12-34-13-11-30)14-21(22)28-15-23(31)29-20-7-3-5-17-4-1-2-6-19(17)20/h1-2,4,6,8-9,14,20,28H,3,5,7,10-13,15-16H2,(H,29,31). The van der Waals surface area contributed by atoms with Crippen LogP contribution in [0.15, 0.2) is 47.4 Å². The fraction of sp³-hybridized carbons (Fsp3) is 0.458. The first-order valence-corrected chi connectivity index (χ1v) is 13.1. The van der Waals surface area contributed by atoms with Gasteiger partial charge in [0.15, 0.2) is 6.61 Å². The highest BCUT2D eigenvalue weighted by molar-refractivity contribution is 7.89. The first-order valence-electron chi connectivity index (χ1n) is 11.7. The van der Waals surface area contributed by atoms with Crippen LogP contribution < -0.4 is 15.4 Å². The van der Waals surface area contributed by atoms with Gasteiger partial charge in [0.2, 0.25) is 15.9 Å². The van der Waals surface area contributed by atoms with Gasteiger partial charge < -0.3 is 20.1 Å². The number of sulfonamides is 1. The smallest absolute Gasteiger partial charge is 0.422 e. The number of morpholine rings is 1. The van der Waals surface area contributed by atoms with Crippen molar-refractivity contribution in [2.75, 3.05) is 44.8 Å². The van der Waals surface area contributed by atoms with Crippen LogP contribution in [-0.4, -0.2) is 64.3 Å². The van der Waals surface area contributed by atoms with Crippen LogP contribution in [0, 0.1) is 0 Å².